The number of ketones is 1. The molecule has 0 bridgehead atoms. The van der Waals surface area contributed by atoms with Crippen LogP contribution >= 0.6 is 0 Å². The number of benzene rings is 1. The number of carbonyl (C=O) groups is 1. The van der Waals surface area contributed by atoms with Crippen LogP contribution in [0.15, 0.2) is 43.0 Å². The summed E-state index contributed by atoms with van der Waals surface area (Å²) in [6.07, 6.45) is 8.48. The molecule has 3 aromatic heterocycles. The normalized spacial score (nSPS) is 14.0. The average molecular weight is 499 g/mol. The number of fused-ring (bicyclic) bond motifs is 1. The molecule has 1 aromatic carbocycles. The van der Waals surface area contributed by atoms with Crippen molar-refractivity contribution in [2.45, 2.75) is 18.8 Å². The molecular formula is C23H20F2N6O3S. The lowest BCUT2D eigenvalue weighted by molar-refractivity contribution is 0.103. The molecule has 0 radical (unpaired) electrons. The van der Waals surface area contributed by atoms with E-state index >= 15 is 4.39 Å². The van der Waals surface area contributed by atoms with Crippen LogP contribution in [0.2, 0.25) is 0 Å². The lowest BCUT2D eigenvalue weighted by Crippen LogP contribution is -2.29. The maximum Gasteiger partial charge on any atom is 0.301 e. The van der Waals surface area contributed by atoms with Crippen molar-refractivity contribution in [3.63, 3.8) is 0 Å². The number of nitrogens with zero attached hydrogens (tertiary/aromatic N) is 4. The van der Waals surface area contributed by atoms with Gasteiger partial charge in [-0.25, -0.2) is 23.7 Å². The van der Waals surface area contributed by atoms with Crippen molar-refractivity contribution >= 4 is 32.7 Å². The summed E-state index contributed by atoms with van der Waals surface area (Å²) >= 11 is 0. The van der Waals surface area contributed by atoms with Crippen molar-refractivity contribution in [1.82, 2.24) is 24.2 Å². The van der Waals surface area contributed by atoms with Gasteiger partial charge in [0.05, 0.1) is 11.3 Å². The van der Waals surface area contributed by atoms with Gasteiger partial charge in [-0.15, -0.1) is 0 Å². The Bertz CT molecular complexity index is 1560. The molecule has 1 aliphatic rings. The molecule has 0 spiro atoms. The number of aromatic nitrogens is 4. The van der Waals surface area contributed by atoms with Gasteiger partial charge in [0.15, 0.2) is 11.6 Å². The minimum atomic E-state index is -4.13. The third-order valence-electron chi connectivity index (χ3n) is 5.73. The van der Waals surface area contributed by atoms with Gasteiger partial charge in [-0.3, -0.25) is 9.52 Å². The van der Waals surface area contributed by atoms with E-state index < -0.39 is 38.9 Å². The molecule has 4 aromatic rings. The zero-order valence-corrected chi connectivity index (χ0v) is 19.5. The summed E-state index contributed by atoms with van der Waals surface area (Å²) in [4.78, 5) is 29.2. The van der Waals surface area contributed by atoms with Crippen LogP contribution in [-0.4, -0.2) is 52.5 Å². The van der Waals surface area contributed by atoms with Crippen LogP contribution in [0.25, 0.3) is 22.2 Å². The van der Waals surface area contributed by atoms with E-state index in [0.29, 0.717) is 34.1 Å². The average Bonchev–Trinajstić information content (AvgIpc) is 3.59. The minimum Gasteiger partial charge on any atom is -0.345 e. The molecule has 0 atom stereocenters. The second-order valence-corrected chi connectivity index (χ2v) is 10.3. The molecule has 1 aliphatic carbocycles. The molecule has 35 heavy (non-hydrogen) atoms. The van der Waals surface area contributed by atoms with E-state index in [2.05, 4.69) is 19.9 Å². The van der Waals surface area contributed by atoms with Gasteiger partial charge in [-0.2, -0.15) is 12.7 Å². The van der Waals surface area contributed by atoms with Crippen molar-refractivity contribution in [1.29, 1.82) is 0 Å². The maximum atomic E-state index is 15.2. The summed E-state index contributed by atoms with van der Waals surface area (Å²) in [5.74, 6) is -1.80. The van der Waals surface area contributed by atoms with Crippen LogP contribution in [0, 0.1) is 11.6 Å². The Labute approximate surface area is 199 Å². The number of aromatic amines is 1. The smallest absolute Gasteiger partial charge is 0.301 e. The van der Waals surface area contributed by atoms with Crippen LogP contribution in [0.1, 0.15) is 40.5 Å². The third-order valence-corrected chi connectivity index (χ3v) is 7.16. The molecule has 0 saturated heterocycles. The number of hydrogen-bond acceptors (Lipinski definition) is 6. The largest absolute Gasteiger partial charge is 0.345 e. The van der Waals surface area contributed by atoms with Gasteiger partial charge in [-0.1, -0.05) is 0 Å². The second kappa shape index (κ2) is 8.47. The molecular weight excluding hydrogens is 478 g/mol. The van der Waals surface area contributed by atoms with Gasteiger partial charge < -0.3 is 4.98 Å². The highest BCUT2D eigenvalue weighted by molar-refractivity contribution is 7.90. The standard InChI is InChI=1S/C23H20F2N6O3S/c1-31(2)35(33,34)30-19-7-15(24)6-17(20(19)25)21(32)18-11-29-23-16(18)5-13(8-28-23)14-9-26-22(27-10-14)12-3-4-12/h5-12,30H,3-4H2,1-2H3,(H,28,29). The van der Waals surface area contributed by atoms with Crippen molar-refractivity contribution in [3.05, 3.63) is 71.6 Å². The molecule has 0 aliphatic heterocycles. The summed E-state index contributed by atoms with van der Waals surface area (Å²) < 4.78 is 56.4. The van der Waals surface area contributed by atoms with Gasteiger partial charge in [0, 0.05) is 72.9 Å². The second-order valence-electron chi connectivity index (χ2n) is 8.46. The first-order chi connectivity index (χ1) is 16.6. The first-order valence-corrected chi connectivity index (χ1v) is 12.1. The summed E-state index contributed by atoms with van der Waals surface area (Å²) in [5.41, 5.74) is 0.473. The third kappa shape index (κ3) is 4.37. The molecule has 2 N–H and O–H groups in total. The van der Waals surface area contributed by atoms with Crippen LogP contribution in [0.5, 0.6) is 0 Å². The van der Waals surface area contributed by atoms with Crippen LogP contribution < -0.4 is 4.72 Å². The Morgan fingerprint density at radius 3 is 2.37 bits per heavy atom. The predicted octanol–water partition coefficient (Wildman–Crippen LogP) is 3.62. The summed E-state index contributed by atoms with van der Waals surface area (Å²) in [7, 11) is -1.67. The number of hydrogen-bond donors (Lipinski definition) is 2. The van der Waals surface area contributed by atoms with Crippen molar-refractivity contribution in [2.75, 3.05) is 18.8 Å². The van der Waals surface area contributed by atoms with Gasteiger partial charge in [0.25, 0.3) is 0 Å². The number of pyridine rings is 1. The van der Waals surface area contributed by atoms with E-state index in [-0.39, 0.29) is 5.56 Å². The maximum absolute atomic E-state index is 15.2. The number of halogens is 2. The molecule has 0 amide bonds. The fourth-order valence-electron chi connectivity index (χ4n) is 3.59. The Morgan fingerprint density at radius 2 is 1.71 bits per heavy atom. The number of carbonyl (C=O) groups excluding carboxylic acids is 1. The molecule has 0 unspecified atom stereocenters. The van der Waals surface area contributed by atoms with Crippen LogP contribution in [0.3, 0.4) is 0 Å². The minimum absolute atomic E-state index is 0.0517. The van der Waals surface area contributed by atoms with E-state index in [1.165, 1.54) is 20.3 Å². The molecule has 3 heterocycles. The van der Waals surface area contributed by atoms with Gasteiger partial charge in [-0.05, 0) is 25.0 Å². The monoisotopic (exact) mass is 498 g/mol. The molecule has 180 valence electrons. The highest BCUT2D eigenvalue weighted by Crippen LogP contribution is 2.38. The lowest BCUT2D eigenvalue weighted by Gasteiger charge is -2.15. The summed E-state index contributed by atoms with van der Waals surface area (Å²) in [6.45, 7) is 0. The number of anilines is 1. The summed E-state index contributed by atoms with van der Waals surface area (Å²) in [5, 5.41) is 0.387. The Morgan fingerprint density at radius 1 is 1.03 bits per heavy atom. The molecule has 12 heteroatoms. The van der Waals surface area contributed by atoms with E-state index in [1.807, 2.05) is 4.72 Å². The highest BCUT2D eigenvalue weighted by atomic mass is 32.2. The predicted molar refractivity (Wildman–Crippen MR) is 125 cm³/mol. The Hall–Kier alpha value is -3.77. The quantitative estimate of drug-likeness (QED) is 0.376. The van der Waals surface area contributed by atoms with Crippen molar-refractivity contribution in [2.24, 2.45) is 0 Å². The van der Waals surface area contributed by atoms with E-state index in [9.17, 15) is 17.6 Å². The van der Waals surface area contributed by atoms with E-state index in [1.54, 1.807) is 24.7 Å². The molecule has 1 fully saturated rings. The number of nitrogens with one attached hydrogen (secondary N) is 2. The Kier molecular flexibility index (Phi) is 5.56. The summed E-state index contributed by atoms with van der Waals surface area (Å²) in [6, 6.07) is 3.09. The molecule has 9 nitrogen and oxygen atoms in total. The van der Waals surface area contributed by atoms with Gasteiger partial charge in [0.2, 0.25) is 0 Å². The number of rotatable bonds is 7. The first kappa shape index (κ1) is 23.0. The van der Waals surface area contributed by atoms with Gasteiger partial charge in [0.1, 0.15) is 17.3 Å². The zero-order valence-electron chi connectivity index (χ0n) is 18.7. The van der Waals surface area contributed by atoms with Crippen molar-refractivity contribution < 1.29 is 22.0 Å². The van der Waals surface area contributed by atoms with E-state index in [0.717, 1.165) is 29.0 Å². The first-order valence-electron chi connectivity index (χ1n) is 10.7. The molecule has 1 saturated carbocycles. The Balaban J connectivity index is 1.53. The molecule has 5 rings (SSSR count). The topological polar surface area (TPSA) is 121 Å². The van der Waals surface area contributed by atoms with Crippen LogP contribution in [-0.2, 0) is 10.2 Å². The van der Waals surface area contributed by atoms with E-state index in [4.69, 9.17) is 0 Å². The number of H-pyrrole nitrogens is 1. The zero-order chi connectivity index (χ0) is 24.9. The lowest BCUT2D eigenvalue weighted by atomic mass is 10.0. The SMILES string of the molecule is CN(C)S(=O)(=O)Nc1cc(F)cc(C(=O)c2c[nH]c3ncc(-c4cnc(C5CC5)nc4)cc23)c1F. The van der Waals surface area contributed by atoms with Gasteiger partial charge >= 0.3 is 10.2 Å². The highest BCUT2D eigenvalue weighted by Gasteiger charge is 2.27. The van der Waals surface area contributed by atoms with Crippen molar-refractivity contribution in [3.8, 4) is 11.1 Å². The van der Waals surface area contributed by atoms with Crippen LogP contribution in [0.4, 0.5) is 14.5 Å². The fourth-order valence-corrected chi connectivity index (χ4v) is 4.20. The fraction of sp³-hybridized carbons (Fsp3) is 0.217.